The summed E-state index contributed by atoms with van der Waals surface area (Å²) in [5.41, 5.74) is 0.855. The first-order chi connectivity index (χ1) is 9.36. The molecular weight excluding hydrogens is 240 g/mol. The van der Waals surface area contributed by atoms with Crippen LogP contribution in [0.1, 0.15) is 29.4 Å². The topological polar surface area (TPSA) is 49.3 Å². The van der Waals surface area contributed by atoms with Gasteiger partial charge in [-0.25, -0.2) is 0 Å². The van der Waals surface area contributed by atoms with Gasteiger partial charge in [-0.2, -0.15) is 0 Å². The molecule has 0 radical (unpaired) electrons. The lowest BCUT2D eigenvalue weighted by Gasteiger charge is -2.30. The first-order valence-electron chi connectivity index (χ1n) is 7.24. The molecule has 0 bridgehead atoms. The van der Waals surface area contributed by atoms with Gasteiger partial charge in [0.1, 0.15) is 5.69 Å². The van der Waals surface area contributed by atoms with Crippen molar-refractivity contribution in [2.24, 2.45) is 0 Å². The molecule has 1 aromatic heterocycles. The summed E-state index contributed by atoms with van der Waals surface area (Å²) < 4.78 is 2.19. The molecule has 104 valence electrons. The Morgan fingerprint density at radius 1 is 1.11 bits per heavy atom. The minimum absolute atomic E-state index is 0.185. The van der Waals surface area contributed by atoms with Gasteiger partial charge in [-0.3, -0.25) is 4.79 Å². The monoisotopic (exact) mass is 262 g/mol. The van der Waals surface area contributed by atoms with Crippen molar-refractivity contribution >= 4 is 5.91 Å². The third-order valence-electron chi connectivity index (χ3n) is 4.10. The summed E-state index contributed by atoms with van der Waals surface area (Å²) >= 11 is 0. The average molecular weight is 262 g/mol. The Hall–Kier alpha value is -1.33. The number of aromatic nitrogens is 1. The van der Waals surface area contributed by atoms with Crippen LogP contribution in [0.25, 0.3) is 0 Å². The lowest BCUT2D eigenvalue weighted by Crippen LogP contribution is -2.47. The molecule has 0 aromatic carbocycles. The van der Waals surface area contributed by atoms with E-state index < -0.39 is 0 Å². The maximum Gasteiger partial charge on any atom is 0.270 e. The number of nitrogens with zero attached hydrogens (tertiary/aromatic N) is 2. The van der Waals surface area contributed by atoms with Gasteiger partial charge in [0.2, 0.25) is 0 Å². The van der Waals surface area contributed by atoms with Gasteiger partial charge < -0.3 is 20.1 Å². The van der Waals surface area contributed by atoms with Gasteiger partial charge in [-0.15, -0.1) is 0 Å². The first kappa shape index (κ1) is 12.7. The second kappa shape index (κ2) is 5.75. The Labute approximate surface area is 114 Å². The molecule has 5 nitrogen and oxygen atoms in total. The molecule has 5 heteroatoms. The van der Waals surface area contributed by atoms with Crippen LogP contribution in [0, 0.1) is 0 Å². The molecule has 2 fully saturated rings. The molecule has 2 aliphatic rings. The highest BCUT2D eigenvalue weighted by Gasteiger charge is 2.24. The van der Waals surface area contributed by atoms with E-state index in [4.69, 9.17) is 0 Å². The van der Waals surface area contributed by atoms with Gasteiger partial charge in [-0.1, -0.05) is 0 Å². The summed E-state index contributed by atoms with van der Waals surface area (Å²) in [5, 5.41) is 6.66. The molecule has 1 amide bonds. The number of nitrogens with one attached hydrogen (secondary N) is 2. The maximum absolute atomic E-state index is 12.6. The number of hydrogen-bond donors (Lipinski definition) is 2. The minimum Gasteiger partial charge on any atom is -0.340 e. The molecule has 0 saturated carbocycles. The van der Waals surface area contributed by atoms with Crippen molar-refractivity contribution in [3.8, 4) is 0 Å². The van der Waals surface area contributed by atoms with E-state index in [0.29, 0.717) is 6.04 Å². The van der Waals surface area contributed by atoms with Gasteiger partial charge in [0.25, 0.3) is 5.91 Å². The van der Waals surface area contributed by atoms with Crippen LogP contribution in [-0.4, -0.2) is 54.6 Å². The van der Waals surface area contributed by atoms with E-state index in [1.54, 1.807) is 0 Å². The van der Waals surface area contributed by atoms with Crippen LogP contribution >= 0.6 is 0 Å². The number of piperazine rings is 1. The fraction of sp³-hybridized carbons (Fsp3) is 0.643. The normalized spacial score (nSPS) is 21.6. The summed E-state index contributed by atoms with van der Waals surface area (Å²) in [7, 11) is 0. The third-order valence-corrected chi connectivity index (χ3v) is 4.10. The smallest absolute Gasteiger partial charge is 0.270 e. The predicted molar refractivity (Wildman–Crippen MR) is 74.3 cm³/mol. The van der Waals surface area contributed by atoms with Crippen molar-refractivity contribution in [1.82, 2.24) is 20.1 Å². The zero-order chi connectivity index (χ0) is 13.1. The fourth-order valence-electron chi connectivity index (χ4n) is 3.01. The summed E-state index contributed by atoms with van der Waals surface area (Å²) in [6.45, 7) is 5.53. The highest BCUT2D eigenvalue weighted by molar-refractivity contribution is 5.93. The van der Waals surface area contributed by atoms with Crippen LogP contribution in [-0.2, 0) is 0 Å². The van der Waals surface area contributed by atoms with Gasteiger partial charge in [0.05, 0.1) is 0 Å². The zero-order valence-electron chi connectivity index (χ0n) is 11.3. The van der Waals surface area contributed by atoms with Crippen LogP contribution in [0.2, 0.25) is 0 Å². The number of carbonyl (C=O) groups excluding carboxylic acids is 1. The second-order valence-electron chi connectivity index (χ2n) is 5.32. The first-order valence-corrected chi connectivity index (χ1v) is 7.24. The summed E-state index contributed by atoms with van der Waals surface area (Å²) in [4.78, 5) is 14.5. The van der Waals surface area contributed by atoms with Crippen LogP contribution in [0.5, 0.6) is 0 Å². The molecule has 3 heterocycles. The Bertz CT molecular complexity index is 430. The molecule has 1 aromatic rings. The van der Waals surface area contributed by atoms with Crippen LogP contribution in [0.3, 0.4) is 0 Å². The van der Waals surface area contributed by atoms with Gasteiger partial charge in [0, 0.05) is 38.4 Å². The average Bonchev–Trinajstić information content (AvgIpc) is 2.98. The van der Waals surface area contributed by atoms with Crippen LogP contribution < -0.4 is 10.6 Å². The Balaban J connectivity index is 1.76. The molecule has 0 atom stereocenters. The van der Waals surface area contributed by atoms with E-state index in [9.17, 15) is 4.79 Å². The number of carbonyl (C=O) groups is 1. The van der Waals surface area contributed by atoms with E-state index in [2.05, 4.69) is 21.4 Å². The van der Waals surface area contributed by atoms with E-state index in [0.717, 1.165) is 57.8 Å². The predicted octanol–water partition coefficient (Wildman–Crippen LogP) is 0.458. The van der Waals surface area contributed by atoms with E-state index in [1.165, 1.54) is 0 Å². The summed E-state index contributed by atoms with van der Waals surface area (Å²) in [6, 6.07) is 4.43. The number of hydrogen-bond acceptors (Lipinski definition) is 3. The van der Waals surface area contributed by atoms with Crippen molar-refractivity contribution in [3.63, 3.8) is 0 Å². The molecule has 3 rings (SSSR count). The van der Waals surface area contributed by atoms with Crippen LogP contribution in [0.15, 0.2) is 18.3 Å². The number of amides is 1. The largest absolute Gasteiger partial charge is 0.340 e. The molecule has 0 aliphatic carbocycles. The quantitative estimate of drug-likeness (QED) is 0.814. The van der Waals surface area contributed by atoms with Crippen molar-refractivity contribution < 1.29 is 4.79 Å². The molecule has 0 spiro atoms. The third kappa shape index (κ3) is 2.67. The van der Waals surface area contributed by atoms with Crippen LogP contribution in [0.4, 0.5) is 0 Å². The molecule has 2 aliphatic heterocycles. The Morgan fingerprint density at radius 3 is 2.53 bits per heavy atom. The minimum atomic E-state index is 0.185. The highest BCUT2D eigenvalue weighted by atomic mass is 16.2. The van der Waals surface area contributed by atoms with Crippen molar-refractivity contribution in [3.05, 3.63) is 24.0 Å². The Kier molecular flexibility index (Phi) is 3.84. The van der Waals surface area contributed by atoms with E-state index >= 15 is 0 Å². The van der Waals surface area contributed by atoms with E-state index in [1.807, 2.05) is 17.0 Å². The fourth-order valence-corrected chi connectivity index (χ4v) is 3.01. The van der Waals surface area contributed by atoms with Gasteiger partial charge >= 0.3 is 0 Å². The van der Waals surface area contributed by atoms with Crippen molar-refractivity contribution in [2.75, 3.05) is 39.3 Å². The molecule has 19 heavy (non-hydrogen) atoms. The molecule has 0 unspecified atom stereocenters. The van der Waals surface area contributed by atoms with E-state index in [-0.39, 0.29) is 5.91 Å². The molecule has 2 saturated heterocycles. The lowest BCUT2D eigenvalue weighted by atomic mass is 10.1. The summed E-state index contributed by atoms with van der Waals surface area (Å²) in [5.74, 6) is 0.185. The number of piperidine rings is 1. The Morgan fingerprint density at radius 2 is 1.79 bits per heavy atom. The zero-order valence-corrected chi connectivity index (χ0v) is 11.3. The molecule has 2 N–H and O–H groups in total. The SMILES string of the molecule is O=C(c1cccn1C1CCNCC1)N1CCNCC1. The van der Waals surface area contributed by atoms with Crippen molar-refractivity contribution in [2.45, 2.75) is 18.9 Å². The number of rotatable bonds is 2. The van der Waals surface area contributed by atoms with Crippen molar-refractivity contribution in [1.29, 1.82) is 0 Å². The standard InChI is InChI=1S/C14H22N4O/c19-14(17-10-7-16-8-11-17)13-2-1-9-18(13)12-3-5-15-6-4-12/h1-2,9,12,15-16H,3-8,10-11H2. The summed E-state index contributed by atoms with van der Waals surface area (Å²) in [6.07, 6.45) is 4.28. The lowest BCUT2D eigenvalue weighted by molar-refractivity contribution is 0.0721. The second-order valence-corrected chi connectivity index (χ2v) is 5.32. The molecular formula is C14H22N4O. The maximum atomic E-state index is 12.6. The highest BCUT2D eigenvalue weighted by Crippen LogP contribution is 2.22. The van der Waals surface area contributed by atoms with Gasteiger partial charge in [-0.05, 0) is 38.1 Å². The van der Waals surface area contributed by atoms with Gasteiger partial charge in [0.15, 0.2) is 0 Å².